The Labute approximate surface area is 166 Å². The van der Waals surface area contributed by atoms with E-state index in [0.717, 1.165) is 54.4 Å². The molecule has 0 aromatic carbocycles. The third kappa shape index (κ3) is 4.35. The number of rotatable bonds is 6. The molecule has 2 aromatic heterocycles. The van der Waals surface area contributed by atoms with Crippen molar-refractivity contribution < 1.29 is 9.59 Å². The molecule has 4 rings (SSSR count). The minimum Gasteiger partial charge on any atom is -0.335 e. The normalized spacial score (nSPS) is 18.4. The minimum absolute atomic E-state index is 0.187. The van der Waals surface area contributed by atoms with E-state index < -0.39 is 11.3 Å². The highest BCUT2D eigenvalue weighted by atomic mass is 32.2. The van der Waals surface area contributed by atoms with Crippen LogP contribution in [0.3, 0.4) is 0 Å². The number of thiophene rings is 1. The summed E-state index contributed by atoms with van der Waals surface area (Å²) in [6.45, 7) is 1.79. The lowest BCUT2D eigenvalue weighted by molar-refractivity contribution is -0.119. The molecule has 2 saturated carbocycles. The van der Waals surface area contributed by atoms with Gasteiger partial charge in [0.25, 0.3) is 0 Å². The second-order valence-corrected chi connectivity index (χ2v) is 9.34. The molecule has 1 atom stereocenters. The van der Waals surface area contributed by atoms with Crippen LogP contribution in [0, 0.1) is 0 Å². The van der Waals surface area contributed by atoms with Gasteiger partial charge in [0.05, 0.1) is 10.1 Å². The predicted molar refractivity (Wildman–Crippen MR) is 106 cm³/mol. The smallest absolute Gasteiger partial charge is 0.321 e. The van der Waals surface area contributed by atoms with Crippen molar-refractivity contribution in [2.45, 2.75) is 67.9 Å². The van der Waals surface area contributed by atoms with Crippen molar-refractivity contribution in [2.75, 3.05) is 0 Å². The molecule has 0 radical (unpaired) electrons. The molecule has 2 aliphatic rings. The number of carbonyl (C=O) groups excluding carboxylic acids is 2. The summed E-state index contributed by atoms with van der Waals surface area (Å²) in [6, 6.07) is 4.22. The van der Waals surface area contributed by atoms with Gasteiger partial charge in [-0.3, -0.25) is 14.7 Å². The van der Waals surface area contributed by atoms with Crippen LogP contribution in [0.15, 0.2) is 22.7 Å². The summed E-state index contributed by atoms with van der Waals surface area (Å²) in [5, 5.41) is 16.3. The molecule has 0 bridgehead atoms. The van der Waals surface area contributed by atoms with Gasteiger partial charge in [0.15, 0.2) is 11.0 Å². The standard InChI is InChI=1S/C18H23N5O2S2/c1-11(16(24)20-17(25)19-12-5-2-3-6-12)27-18-22-21-15(14-7-4-10-26-14)23(18)13-8-9-13/h4,7,10-13H,2-3,5-6,8-9H2,1H3,(H2,19,20,24,25)/t11-/m0/s1. The largest absolute Gasteiger partial charge is 0.335 e. The minimum atomic E-state index is -0.433. The van der Waals surface area contributed by atoms with Gasteiger partial charge in [0.1, 0.15) is 0 Å². The lowest BCUT2D eigenvalue weighted by atomic mass is 10.2. The summed E-state index contributed by atoms with van der Waals surface area (Å²) in [7, 11) is 0. The maximum atomic E-state index is 12.4. The first-order valence-electron chi connectivity index (χ1n) is 9.38. The van der Waals surface area contributed by atoms with E-state index in [2.05, 4.69) is 25.4 Å². The molecular weight excluding hydrogens is 382 g/mol. The lowest BCUT2D eigenvalue weighted by Crippen LogP contribution is -2.45. The summed E-state index contributed by atoms with van der Waals surface area (Å²) in [6.07, 6.45) is 6.45. The Morgan fingerprint density at radius 3 is 2.70 bits per heavy atom. The fraction of sp³-hybridized carbons (Fsp3) is 0.556. The fourth-order valence-corrected chi connectivity index (χ4v) is 4.93. The van der Waals surface area contributed by atoms with Crippen LogP contribution >= 0.6 is 23.1 Å². The highest BCUT2D eigenvalue weighted by Gasteiger charge is 2.32. The van der Waals surface area contributed by atoms with Crippen molar-refractivity contribution in [3.63, 3.8) is 0 Å². The van der Waals surface area contributed by atoms with Crippen LogP contribution < -0.4 is 10.6 Å². The van der Waals surface area contributed by atoms with Gasteiger partial charge < -0.3 is 5.32 Å². The second-order valence-electron chi connectivity index (χ2n) is 7.09. The Balaban J connectivity index is 1.39. The molecule has 27 heavy (non-hydrogen) atoms. The average Bonchev–Trinajstić information content (AvgIpc) is 3.07. The van der Waals surface area contributed by atoms with Crippen LogP contribution in [0.2, 0.25) is 0 Å². The van der Waals surface area contributed by atoms with Crippen LogP contribution in [0.1, 0.15) is 51.5 Å². The quantitative estimate of drug-likeness (QED) is 0.717. The number of imide groups is 1. The van der Waals surface area contributed by atoms with E-state index in [4.69, 9.17) is 0 Å². The van der Waals surface area contributed by atoms with Crippen molar-refractivity contribution in [3.8, 4) is 10.7 Å². The van der Waals surface area contributed by atoms with Gasteiger partial charge in [0, 0.05) is 12.1 Å². The first-order chi connectivity index (χ1) is 13.1. The SMILES string of the molecule is C[C@H](Sc1nnc(-c2cccs2)n1C1CC1)C(=O)NC(=O)NC1CCCC1. The molecule has 9 heteroatoms. The molecule has 0 aliphatic heterocycles. The number of aromatic nitrogens is 3. The molecule has 7 nitrogen and oxygen atoms in total. The number of carbonyl (C=O) groups is 2. The number of thioether (sulfide) groups is 1. The van der Waals surface area contributed by atoms with Crippen molar-refractivity contribution in [3.05, 3.63) is 17.5 Å². The Morgan fingerprint density at radius 1 is 1.26 bits per heavy atom. The zero-order chi connectivity index (χ0) is 18.8. The first-order valence-corrected chi connectivity index (χ1v) is 11.1. The van der Waals surface area contributed by atoms with Crippen molar-refractivity contribution >= 4 is 35.0 Å². The molecule has 2 aromatic rings. The summed E-state index contributed by atoms with van der Waals surface area (Å²) >= 11 is 2.98. The maximum absolute atomic E-state index is 12.4. The van der Waals surface area contributed by atoms with E-state index in [-0.39, 0.29) is 11.9 Å². The Hall–Kier alpha value is -1.87. The molecule has 0 spiro atoms. The molecule has 2 aliphatic carbocycles. The zero-order valence-electron chi connectivity index (χ0n) is 15.2. The Kier molecular flexibility index (Phi) is 5.49. The van der Waals surface area contributed by atoms with Crippen LogP contribution in [-0.4, -0.2) is 38.0 Å². The fourth-order valence-electron chi connectivity index (χ4n) is 3.31. The average molecular weight is 406 g/mol. The Bertz CT molecular complexity index is 810. The summed E-state index contributed by atoms with van der Waals surface area (Å²) < 4.78 is 2.14. The van der Waals surface area contributed by atoms with Crippen LogP contribution in [-0.2, 0) is 4.79 Å². The molecule has 144 valence electrons. The van der Waals surface area contributed by atoms with Gasteiger partial charge in [-0.2, -0.15) is 0 Å². The van der Waals surface area contributed by atoms with Crippen molar-refractivity contribution in [2.24, 2.45) is 0 Å². The Morgan fingerprint density at radius 2 is 2.04 bits per heavy atom. The number of urea groups is 1. The van der Waals surface area contributed by atoms with E-state index in [1.807, 2.05) is 17.5 Å². The second kappa shape index (κ2) is 8.02. The van der Waals surface area contributed by atoms with E-state index in [9.17, 15) is 9.59 Å². The first kappa shape index (κ1) is 18.5. The van der Waals surface area contributed by atoms with Crippen LogP contribution in [0.25, 0.3) is 10.7 Å². The van der Waals surface area contributed by atoms with Gasteiger partial charge in [0.2, 0.25) is 5.91 Å². The van der Waals surface area contributed by atoms with Gasteiger partial charge in [-0.25, -0.2) is 4.79 Å². The monoisotopic (exact) mass is 405 g/mol. The number of hydrogen-bond acceptors (Lipinski definition) is 6. The predicted octanol–water partition coefficient (Wildman–Crippen LogP) is 3.59. The summed E-state index contributed by atoms with van der Waals surface area (Å²) in [4.78, 5) is 25.5. The zero-order valence-corrected chi connectivity index (χ0v) is 16.8. The summed E-state index contributed by atoms with van der Waals surface area (Å²) in [5.41, 5.74) is 0. The number of nitrogens with one attached hydrogen (secondary N) is 2. The molecular formula is C18H23N5O2S2. The summed E-state index contributed by atoms with van der Waals surface area (Å²) in [5.74, 6) is 0.556. The van der Waals surface area contributed by atoms with Gasteiger partial charge in [-0.15, -0.1) is 21.5 Å². The van der Waals surface area contributed by atoms with Gasteiger partial charge in [-0.1, -0.05) is 30.7 Å². The van der Waals surface area contributed by atoms with E-state index >= 15 is 0 Å². The topological polar surface area (TPSA) is 88.9 Å². The lowest BCUT2D eigenvalue weighted by Gasteiger charge is -2.15. The van der Waals surface area contributed by atoms with Gasteiger partial charge >= 0.3 is 6.03 Å². The number of nitrogens with zero attached hydrogens (tertiary/aromatic N) is 3. The van der Waals surface area contributed by atoms with E-state index in [1.54, 1.807) is 18.3 Å². The molecule has 2 N–H and O–H groups in total. The molecule has 2 fully saturated rings. The van der Waals surface area contributed by atoms with Crippen molar-refractivity contribution in [1.29, 1.82) is 0 Å². The van der Waals surface area contributed by atoms with Crippen LogP contribution in [0.4, 0.5) is 4.79 Å². The van der Waals surface area contributed by atoms with E-state index in [0.29, 0.717) is 6.04 Å². The highest BCUT2D eigenvalue weighted by Crippen LogP contribution is 2.42. The third-order valence-electron chi connectivity index (χ3n) is 4.90. The third-order valence-corrected chi connectivity index (χ3v) is 6.82. The molecule has 3 amide bonds. The number of amides is 3. The number of hydrogen-bond donors (Lipinski definition) is 2. The van der Waals surface area contributed by atoms with Gasteiger partial charge in [-0.05, 0) is 44.1 Å². The molecule has 0 unspecified atom stereocenters. The maximum Gasteiger partial charge on any atom is 0.321 e. The van der Waals surface area contributed by atoms with Crippen molar-refractivity contribution in [1.82, 2.24) is 25.4 Å². The highest BCUT2D eigenvalue weighted by molar-refractivity contribution is 8.00. The van der Waals surface area contributed by atoms with E-state index in [1.165, 1.54) is 11.8 Å². The molecule has 0 saturated heterocycles. The van der Waals surface area contributed by atoms with Crippen LogP contribution in [0.5, 0.6) is 0 Å². The molecule has 2 heterocycles.